The first-order valence-corrected chi connectivity index (χ1v) is 9.17. The van der Waals surface area contributed by atoms with Crippen molar-refractivity contribution in [2.24, 2.45) is 4.99 Å². The number of rotatable bonds is 13. The quantitative estimate of drug-likeness (QED) is 0.190. The normalized spacial score (nSPS) is 12.2. The Balaban J connectivity index is 0.00000676. The second-order valence-electron chi connectivity index (χ2n) is 5.82. The highest BCUT2D eigenvalue weighted by Gasteiger charge is 2.08. The minimum Gasteiger partial charge on any atom is -0.486 e. The maximum absolute atomic E-state index is 13.6. The molecule has 0 saturated carbocycles. The van der Waals surface area contributed by atoms with Gasteiger partial charge in [0.2, 0.25) is 0 Å². The van der Waals surface area contributed by atoms with Crippen molar-refractivity contribution in [1.29, 1.82) is 0 Å². The number of para-hydroxylation sites is 1. The number of hydrogen-bond donors (Lipinski definition) is 2. The number of guanidine groups is 1. The average molecular weight is 497 g/mol. The molecule has 156 valence electrons. The Kier molecular flexibility index (Phi) is 16.3. The average Bonchev–Trinajstić information content (AvgIpc) is 2.63. The van der Waals surface area contributed by atoms with E-state index < -0.39 is 0 Å². The van der Waals surface area contributed by atoms with Gasteiger partial charge in [0, 0.05) is 26.8 Å². The van der Waals surface area contributed by atoms with Gasteiger partial charge in [-0.05, 0) is 38.8 Å². The second kappa shape index (κ2) is 17.0. The first-order chi connectivity index (χ1) is 12.7. The van der Waals surface area contributed by atoms with Gasteiger partial charge < -0.3 is 24.8 Å². The topological polar surface area (TPSA) is 64.1 Å². The highest BCUT2D eigenvalue weighted by Crippen LogP contribution is 2.16. The summed E-state index contributed by atoms with van der Waals surface area (Å²) in [6.45, 7) is 7.89. The van der Waals surface area contributed by atoms with Crippen LogP contribution in [0.3, 0.4) is 0 Å². The number of methoxy groups -OCH3 is 1. The maximum atomic E-state index is 13.6. The minimum atomic E-state index is -0.360. The zero-order chi connectivity index (χ0) is 19.0. The third-order valence-electron chi connectivity index (χ3n) is 3.46. The van der Waals surface area contributed by atoms with Crippen LogP contribution in [0.4, 0.5) is 4.39 Å². The van der Waals surface area contributed by atoms with Gasteiger partial charge in [-0.15, -0.1) is 24.0 Å². The Morgan fingerprint density at radius 2 is 1.93 bits per heavy atom. The molecule has 1 unspecified atom stereocenters. The van der Waals surface area contributed by atoms with E-state index in [0.717, 1.165) is 38.5 Å². The van der Waals surface area contributed by atoms with Gasteiger partial charge in [0.15, 0.2) is 17.5 Å². The van der Waals surface area contributed by atoms with E-state index in [0.29, 0.717) is 19.8 Å². The molecular formula is C19H33FIN3O3. The SMILES string of the molecule is CCNC(=NCC(C)Oc1ccccc1F)NCCCCOCCOC.I. The minimum absolute atomic E-state index is 0. The van der Waals surface area contributed by atoms with E-state index in [2.05, 4.69) is 15.6 Å². The molecule has 27 heavy (non-hydrogen) atoms. The summed E-state index contributed by atoms with van der Waals surface area (Å²) in [5, 5.41) is 6.48. The molecule has 1 rings (SSSR count). The fourth-order valence-corrected chi connectivity index (χ4v) is 2.14. The molecule has 0 fully saturated rings. The van der Waals surface area contributed by atoms with E-state index in [1.165, 1.54) is 6.07 Å². The summed E-state index contributed by atoms with van der Waals surface area (Å²) in [6.07, 6.45) is 1.73. The summed E-state index contributed by atoms with van der Waals surface area (Å²) in [4.78, 5) is 4.50. The summed E-state index contributed by atoms with van der Waals surface area (Å²) in [6, 6.07) is 6.39. The smallest absolute Gasteiger partial charge is 0.191 e. The van der Waals surface area contributed by atoms with Crippen molar-refractivity contribution in [3.8, 4) is 5.75 Å². The van der Waals surface area contributed by atoms with Crippen molar-refractivity contribution in [1.82, 2.24) is 10.6 Å². The first-order valence-electron chi connectivity index (χ1n) is 9.17. The lowest BCUT2D eigenvalue weighted by Crippen LogP contribution is -2.38. The largest absolute Gasteiger partial charge is 0.486 e. The van der Waals surface area contributed by atoms with Crippen LogP contribution in [0, 0.1) is 5.82 Å². The molecule has 0 bridgehead atoms. The van der Waals surface area contributed by atoms with Crippen LogP contribution in [0.15, 0.2) is 29.3 Å². The third kappa shape index (κ3) is 12.8. The number of nitrogens with zero attached hydrogens (tertiary/aromatic N) is 1. The molecule has 6 nitrogen and oxygen atoms in total. The van der Waals surface area contributed by atoms with Gasteiger partial charge in [0.05, 0.1) is 19.8 Å². The number of benzene rings is 1. The van der Waals surface area contributed by atoms with Gasteiger partial charge in [-0.1, -0.05) is 12.1 Å². The molecule has 2 N–H and O–H groups in total. The van der Waals surface area contributed by atoms with Crippen LogP contribution in [0.25, 0.3) is 0 Å². The van der Waals surface area contributed by atoms with Gasteiger partial charge in [0.1, 0.15) is 6.10 Å². The van der Waals surface area contributed by atoms with E-state index in [4.69, 9.17) is 14.2 Å². The molecule has 0 radical (unpaired) electrons. The van der Waals surface area contributed by atoms with Gasteiger partial charge in [-0.25, -0.2) is 9.38 Å². The molecule has 1 aromatic carbocycles. The van der Waals surface area contributed by atoms with Crippen molar-refractivity contribution >= 4 is 29.9 Å². The molecular weight excluding hydrogens is 464 g/mol. The van der Waals surface area contributed by atoms with Gasteiger partial charge in [-0.3, -0.25) is 0 Å². The van der Waals surface area contributed by atoms with Crippen molar-refractivity contribution in [3.05, 3.63) is 30.1 Å². The maximum Gasteiger partial charge on any atom is 0.191 e. The number of hydrogen-bond acceptors (Lipinski definition) is 4. The molecule has 1 atom stereocenters. The summed E-state index contributed by atoms with van der Waals surface area (Å²) < 4.78 is 29.6. The molecule has 0 aliphatic heterocycles. The summed E-state index contributed by atoms with van der Waals surface area (Å²) in [5.41, 5.74) is 0. The third-order valence-corrected chi connectivity index (χ3v) is 3.46. The van der Waals surface area contributed by atoms with Gasteiger partial charge >= 0.3 is 0 Å². The van der Waals surface area contributed by atoms with E-state index in [9.17, 15) is 4.39 Å². The summed E-state index contributed by atoms with van der Waals surface area (Å²) in [5.74, 6) is 0.625. The van der Waals surface area contributed by atoms with Gasteiger partial charge in [0.25, 0.3) is 0 Å². The van der Waals surface area contributed by atoms with E-state index >= 15 is 0 Å². The molecule has 0 saturated heterocycles. The zero-order valence-corrected chi connectivity index (χ0v) is 18.8. The van der Waals surface area contributed by atoms with Crippen LogP contribution in [0.1, 0.15) is 26.7 Å². The molecule has 0 spiro atoms. The molecule has 0 amide bonds. The number of nitrogens with one attached hydrogen (secondary N) is 2. The van der Waals surface area contributed by atoms with Gasteiger partial charge in [-0.2, -0.15) is 0 Å². The zero-order valence-electron chi connectivity index (χ0n) is 16.5. The van der Waals surface area contributed by atoms with Crippen LogP contribution >= 0.6 is 24.0 Å². The predicted molar refractivity (Wildman–Crippen MR) is 118 cm³/mol. The van der Waals surface area contributed by atoms with Crippen LogP contribution in [-0.2, 0) is 9.47 Å². The number of unbranched alkanes of at least 4 members (excludes halogenated alkanes) is 1. The summed E-state index contributed by atoms with van der Waals surface area (Å²) >= 11 is 0. The lowest BCUT2D eigenvalue weighted by atomic mass is 10.3. The fraction of sp³-hybridized carbons (Fsp3) is 0.632. The number of halogens is 2. The Hall–Kier alpha value is -1.13. The molecule has 1 aromatic rings. The monoisotopic (exact) mass is 497 g/mol. The second-order valence-corrected chi connectivity index (χ2v) is 5.82. The van der Waals surface area contributed by atoms with E-state index in [1.807, 2.05) is 13.8 Å². The van der Waals surface area contributed by atoms with Crippen molar-refractivity contribution in [2.75, 3.05) is 46.6 Å². The predicted octanol–water partition coefficient (Wildman–Crippen LogP) is 3.21. The lowest BCUT2D eigenvalue weighted by molar-refractivity contribution is 0.0689. The Labute approximate surface area is 179 Å². The number of ether oxygens (including phenoxy) is 3. The van der Waals surface area contributed by atoms with Crippen molar-refractivity contribution in [2.45, 2.75) is 32.8 Å². The summed E-state index contributed by atoms with van der Waals surface area (Å²) in [7, 11) is 1.66. The van der Waals surface area contributed by atoms with Crippen LogP contribution in [0.2, 0.25) is 0 Å². The Bertz CT molecular complexity index is 521. The lowest BCUT2D eigenvalue weighted by Gasteiger charge is -2.15. The molecule has 8 heteroatoms. The molecule has 0 aromatic heterocycles. The fourth-order valence-electron chi connectivity index (χ4n) is 2.14. The first kappa shape index (κ1) is 25.9. The molecule has 0 aliphatic rings. The standard InChI is InChI=1S/C19H32FN3O3.HI/c1-4-21-19(22-11-7-8-12-25-14-13-24-3)23-15-16(2)26-18-10-6-5-9-17(18)20;/h5-6,9-10,16H,4,7-8,11-15H2,1-3H3,(H2,21,22,23);1H. The Morgan fingerprint density at radius 1 is 1.15 bits per heavy atom. The number of aliphatic imine (C=N–C) groups is 1. The van der Waals surface area contributed by atoms with Crippen LogP contribution in [0.5, 0.6) is 5.75 Å². The van der Waals surface area contributed by atoms with Crippen molar-refractivity contribution < 1.29 is 18.6 Å². The highest BCUT2D eigenvalue weighted by molar-refractivity contribution is 14.0. The van der Waals surface area contributed by atoms with E-state index in [-0.39, 0.29) is 41.6 Å². The Morgan fingerprint density at radius 3 is 2.63 bits per heavy atom. The van der Waals surface area contributed by atoms with Crippen molar-refractivity contribution in [3.63, 3.8) is 0 Å². The van der Waals surface area contributed by atoms with E-state index in [1.54, 1.807) is 25.3 Å². The van der Waals surface area contributed by atoms with Crippen LogP contribution < -0.4 is 15.4 Å². The highest BCUT2D eigenvalue weighted by atomic mass is 127. The van der Waals surface area contributed by atoms with Crippen LogP contribution in [-0.4, -0.2) is 58.6 Å². The molecule has 0 aliphatic carbocycles. The molecule has 0 heterocycles.